The maximum absolute atomic E-state index is 15.0. The number of rotatable bonds is 12. The average Bonchev–Trinajstić information content (AvgIpc) is 3.12. The zero-order valence-electron chi connectivity index (χ0n) is 30.5. The lowest BCUT2D eigenvalue weighted by atomic mass is 9.65. The summed E-state index contributed by atoms with van der Waals surface area (Å²) >= 11 is 0. The molecule has 3 atom stereocenters. The van der Waals surface area contributed by atoms with Crippen molar-refractivity contribution in [3.63, 3.8) is 0 Å². The van der Waals surface area contributed by atoms with Crippen LogP contribution >= 0.6 is 0 Å². The highest BCUT2D eigenvalue weighted by Gasteiger charge is 2.44. The second kappa shape index (κ2) is 16.0. The minimum atomic E-state index is -1.08. The Hall–Kier alpha value is -6.16. The Labute approximate surface area is 308 Å². The summed E-state index contributed by atoms with van der Waals surface area (Å²) in [6.45, 7) is 5.67. The normalized spacial score (nSPS) is 16.9. The highest BCUT2D eigenvalue weighted by molar-refractivity contribution is 6.09. The SMILES string of the molecule is COc1ccc(C=CC(=O)c2ccc(O)c(C3C=C(C)CC(c4ccc(O)cc4O)C3C(=O)c3ccc(O)c(CC=C(C)C)c3OC)c2O)c(OC)c1. The second-order valence-electron chi connectivity index (χ2n) is 13.3. The van der Waals surface area contributed by atoms with Gasteiger partial charge in [-0.1, -0.05) is 29.4 Å². The Bertz CT molecular complexity index is 2140. The van der Waals surface area contributed by atoms with Crippen LogP contribution in [0.15, 0.2) is 90.0 Å². The fraction of sp³-hybridized carbons (Fsp3) is 0.256. The summed E-state index contributed by atoms with van der Waals surface area (Å²) in [4.78, 5) is 28.7. The van der Waals surface area contributed by atoms with Crippen molar-refractivity contribution in [2.45, 2.75) is 45.4 Å². The van der Waals surface area contributed by atoms with Crippen molar-refractivity contribution in [2.24, 2.45) is 5.92 Å². The number of allylic oxidation sites excluding steroid dienone is 5. The fourth-order valence-electron chi connectivity index (χ4n) is 7.02. The molecule has 0 amide bonds. The van der Waals surface area contributed by atoms with E-state index in [1.54, 1.807) is 24.3 Å². The first-order chi connectivity index (χ1) is 25.3. The van der Waals surface area contributed by atoms with Gasteiger partial charge >= 0.3 is 0 Å². The zero-order chi connectivity index (χ0) is 38.6. The third kappa shape index (κ3) is 7.86. The smallest absolute Gasteiger partial charge is 0.189 e. The number of carbonyl (C=O) groups excluding carboxylic acids is 2. The Morgan fingerprint density at radius 3 is 2.19 bits per heavy atom. The molecule has 0 saturated heterocycles. The molecule has 53 heavy (non-hydrogen) atoms. The van der Waals surface area contributed by atoms with Crippen LogP contribution in [-0.4, -0.2) is 58.4 Å². The average molecular weight is 721 g/mol. The van der Waals surface area contributed by atoms with Gasteiger partial charge in [-0.25, -0.2) is 0 Å². The summed E-state index contributed by atoms with van der Waals surface area (Å²) in [6.07, 6.45) is 7.08. The van der Waals surface area contributed by atoms with Crippen LogP contribution in [0.3, 0.4) is 0 Å². The van der Waals surface area contributed by atoms with Crippen LogP contribution in [0.2, 0.25) is 0 Å². The van der Waals surface area contributed by atoms with Crippen molar-refractivity contribution in [3.05, 3.63) is 123 Å². The molecule has 0 fully saturated rings. The molecule has 1 aliphatic rings. The van der Waals surface area contributed by atoms with Crippen LogP contribution < -0.4 is 14.2 Å². The standard InChI is InChI=1S/C43H44O10/c1-23(2)7-12-30-35(46)17-15-31(43(30)53-6)42(50)39-32(28-13-10-26(44)21-37(28)48)19-24(3)20-33(39)40-36(47)18-14-29(41(40)49)34(45)16-9-25-8-11-27(51-4)22-38(25)52-5/h7-11,13-18,20-22,32-33,39,44,46-49H,12,19H2,1-6H3. The van der Waals surface area contributed by atoms with E-state index >= 15 is 4.79 Å². The van der Waals surface area contributed by atoms with E-state index in [2.05, 4.69) is 0 Å². The van der Waals surface area contributed by atoms with Gasteiger partial charge in [0.25, 0.3) is 0 Å². The Morgan fingerprint density at radius 1 is 0.811 bits per heavy atom. The van der Waals surface area contributed by atoms with Gasteiger partial charge in [-0.15, -0.1) is 0 Å². The summed E-state index contributed by atoms with van der Waals surface area (Å²) in [5.74, 6) is -3.94. The molecule has 0 bridgehead atoms. The summed E-state index contributed by atoms with van der Waals surface area (Å²) < 4.78 is 16.5. The van der Waals surface area contributed by atoms with Gasteiger partial charge in [0.15, 0.2) is 11.6 Å². The number of carbonyl (C=O) groups is 2. The van der Waals surface area contributed by atoms with Crippen molar-refractivity contribution >= 4 is 17.6 Å². The van der Waals surface area contributed by atoms with E-state index < -0.39 is 35.1 Å². The second-order valence-corrected chi connectivity index (χ2v) is 13.3. The highest BCUT2D eigenvalue weighted by atomic mass is 16.5. The first-order valence-electron chi connectivity index (χ1n) is 17.0. The molecule has 10 nitrogen and oxygen atoms in total. The van der Waals surface area contributed by atoms with Gasteiger partial charge in [0, 0.05) is 46.6 Å². The third-order valence-corrected chi connectivity index (χ3v) is 9.61. The number of methoxy groups -OCH3 is 3. The number of Topliss-reactive ketones (excluding diaryl/α,β-unsaturated/α-hetero) is 1. The topological polar surface area (TPSA) is 163 Å². The van der Waals surface area contributed by atoms with E-state index in [1.165, 1.54) is 75.9 Å². The number of hydrogen-bond donors (Lipinski definition) is 5. The number of phenolic OH excluding ortho intramolecular Hbond substituents is 5. The fourth-order valence-corrected chi connectivity index (χ4v) is 7.02. The van der Waals surface area contributed by atoms with Crippen LogP contribution in [0, 0.1) is 5.92 Å². The molecule has 10 heteroatoms. The number of hydrogen-bond acceptors (Lipinski definition) is 10. The maximum atomic E-state index is 15.0. The van der Waals surface area contributed by atoms with Crippen LogP contribution in [0.25, 0.3) is 6.08 Å². The third-order valence-electron chi connectivity index (χ3n) is 9.61. The first kappa shape index (κ1) is 38.1. The lowest BCUT2D eigenvalue weighted by molar-refractivity contribution is 0.0876. The van der Waals surface area contributed by atoms with E-state index in [0.29, 0.717) is 34.6 Å². The number of ether oxygens (including phenoxy) is 3. The largest absolute Gasteiger partial charge is 0.508 e. The quantitative estimate of drug-likeness (QED) is 0.0546. The van der Waals surface area contributed by atoms with Crippen molar-refractivity contribution < 1.29 is 49.3 Å². The molecule has 4 aromatic rings. The molecule has 3 unspecified atom stereocenters. The molecule has 1 aliphatic carbocycles. The Morgan fingerprint density at radius 2 is 1.53 bits per heavy atom. The van der Waals surface area contributed by atoms with Gasteiger partial charge in [0.2, 0.25) is 0 Å². The number of ketones is 2. The molecule has 0 aliphatic heterocycles. The molecular formula is C43H44O10. The number of aromatic hydroxyl groups is 5. The Balaban J connectivity index is 1.68. The molecule has 4 aromatic carbocycles. The van der Waals surface area contributed by atoms with E-state index in [1.807, 2.05) is 26.8 Å². The molecule has 0 spiro atoms. The predicted octanol–water partition coefficient (Wildman–Crippen LogP) is 8.36. The van der Waals surface area contributed by atoms with E-state index in [0.717, 1.165) is 11.1 Å². The molecule has 0 saturated carbocycles. The molecule has 5 N–H and O–H groups in total. The lowest BCUT2D eigenvalue weighted by Gasteiger charge is -2.37. The summed E-state index contributed by atoms with van der Waals surface area (Å²) in [5.41, 5.74) is 3.13. The maximum Gasteiger partial charge on any atom is 0.189 e. The van der Waals surface area contributed by atoms with Gasteiger partial charge in [-0.2, -0.15) is 0 Å². The van der Waals surface area contributed by atoms with Crippen molar-refractivity contribution in [1.29, 1.82) is 0 Å². The van der Waals surface area contributed by atoms with Gasteiger partial charge in [0.1, 0.15) is 46.0 Å². The highest BCUT2D eigenvalue weighted by Crippen LogP contribution is 2.53. The summed E-state index contributed by atoms with van der Waals surface area (Å²) in [5, 5.41) is 55.2. The van der Waals surface area contributed by atoms with E-state index in [-0.39, 0.29) is 51.9 Å². The van der Waals surface area contributed by atoms with E-state index in [4.69, 9.17) is 14.2 Å². The number of phenols is 5. The van der Waals surface area contributed by atoms with Crippen molar-refractivity contribution in [2.75, 3.05) is 21.3 Å². The van der Waals surface area contributed by atoms with Gasteiger partial charge in [-0.3, -0.25) is 9.59 Å². The van der Waals surface area contributed by atoms with Gasteiger partial charge < -0.3 is 39.7 Å². The minimum absolute atomic E-state index is 0.0468. The van der Waals surface area contributed by atoms with Crippen molar-refractivity contribution in [3.8, 4) is 46.0 Å². The summed E-state index contributed by atoms with van der Waals surface area (Å²) in [7, 11) is 4.43. The zero-order valence-corrected chi connectivity index (χ0v) is 30.5. The van der Waals surface area contributed by atoms with Crippen LogP contribution in [-0.2, 0) is 6.42 Å². The molecule has 0 aromatic heterocycles. The van der Waals surface area contributed by atoms with Crippen LogP contribution in [0.4, 0.5) is 0 Å². The predicted molar refractivity (Wildman–Crippen MR) is 202 cm³/mol. The number of benzene rings is 4. The van der Waals surface area contributed by atoms with Crippen LogP contribution in [0.5, 0.6) is 46.0 Å². The van der Waals surface area contributed by atoms with E-state index in [9.17, 15) is 30.3 Å². The molecular weight excluding hydrogens is 676 g/mol. The van der Waals surface area contributed by atoms with Crippen LogP contribution in [0.1, 0.15) is 82.0 Å². The molecule has 0 heterocycles. The van der Waals surface area contributed by atoms with Gasteiger partial charge in [0.05, 0.1) is 32.5 Å². The molecule has 276 valence electrons. The monoisotopic (exact) mass is 720 g/mol. The minimum Gasteiger partial charge on any atom is -0.508 e. The molecule has 5 rings (SSSR count). The first-order valence-corrected chi connectivity index (χ1v) is 17.0. The van der Waals surface area contributed by atoms with Crippen molar-refractivity contribution in [1.82, 2.24) is 0 Å². The Kier molecular flexibility index (Phi) is 11.5. The molecule has 0 radical (unpaired) electrons. The van der Waals surface area contributed by atoms with Gasteiger partial charge in [-0.05, 0) is 93.8 Å². The lowest BCUT2D eigenvalue weighted by Crippen LogP contribution is -2.32. The summed E-state index contributed by atoms with van der Waals surface area (Å²) in [6, 6.07) is 14.8.